The molecule has 0 fully saturated rings. The molecule has 0 N–H and O–H groups in total. The molecule has 88 valence electrons. The van der Waals surface area contributed by atoms with Gasteiger partial charge in [-0.3, -0.25) is 0 Å². The lowest BCUT2D eigenvalue weighted by molar-refractivity contribution is 0.412. The van der Waals surface area contributed by atoms with Crippen LogP contribution in [0.4, 0.5) is 0 Å². The van der Waals surface area contributed by atoms with Crippen molar-refractivity contribution in [2.45, 2.75) is 5.88 Å². The van der Waals surface area contributed by atoms with Crippen LogP contribution in [0.25, 0.3) is 11.4 Å². The van der Waals surface area contributed by atoms with Gasteiger partial charge >= 0.3 is 0 Å². The molecule has 2 rings (SSSR count). The van der Waals surface area contributed by atoms with Gasteiger partial charge in [-0.15, -0.1) is 11.6 Å². The van der Waals surface area contributed by atoms with Crippen LogP contribution < -0.4 is 4.74 Å². The monoisotopic (exact) mass is 312 g/mol. The lowest BCUT2D eigenvalue weighted by Gasteiger charge is -2.06. The lowest BCUT2D eigenvalue weighted by Crippen LogP contribution is -1.93. The summed E-state index contributed by atoms with van der Waals surface area (Å²) in [5, 5.41) is 0. The van der Waals surface area contributed by atoms with Gasteiger partial charge < -0.3 is 4.74 Å². The van der Waals surface area contributed by atoms with Gasteiger partial charge in [-0.05, 0) is 40.2 Å². The van der Waals surface area contributed by atoms with Gasteiger partial charge in [0.25, 0.3) is 0 Å². The summed E-state index contributed by atoms with van der Waals surface area (Å²) in [6.45, 7) is 0. The standard InChI is InChI=1S/C12H10BrClN2O/c1-17-11-3-2-8(6-10(11)13)12-15-5-4-9(7-14)16-12/h2-6H,7H2,1H3. The molecule has 0 aliphatic rings. The van der Waals surface area contributed by atoms with Gasteiger partial charge in [0.15, 0.2) is 5.82 Å². The second kappa shape index (κ2) is 5.47. The van der Waals surface area contributed by atoms with E-state index in [0.717, 1.165) is 21.5 Å². The largest absolute Gasteiger partial charge is 0.496 e. The van der Waals surface area contributed by atoms with Crippen LogP contribution in [0.1, 0.15) is 5.69 Å². The molecule has 0 atom stereocenters. The highest BCUT2D eigenvalue weighted by molar-refractivity contribution is 9.10. The Morgan fingerprint density at radius 1 is 1.35 bits per heavy atom. The molecule has 0 saturated carbocycles. The maximum Gasteiger partial charge on any atom is 0.159 e. The van der Waals surface area contributed by atoms with E-state index in [9.17, 15) is 0 Å². The number of halogens is 2. The molecule has 1 aromatic heterocycles. The van der Waals surface area contributed by atoms with Gasteiger partial charge in [0.05, 0.1) is 23.2 Å². The number of benzene rings is 1. The van der Waals surface area contributed by atoms with Crippen molar-refractivity contribution in [2.24, 2.45) is 0 Å². The molecule has 1 aromatic carbocycles. The van der Waals surface area contributed by atoms with E-state index in [1.807, 2.05) is 18.2 Å². The van der Waals surface area contributed by atoms with Crippen molar-refractivity contribution in [3.8, 4) is 17.1 Å². The summed E-state index contributed by atoms with van der Waals surface area (Å²) >= 11 is 9.18. The van der Waals surface area contributed by atoms with Gasteiger partial charge in [0, 0.05) is 11.8 Å². The smallest absolute Gasteiger partial charge is 0.159 e. The fourth-order valence-electron chi connectivity index (χ4n) is 1.42. The van der Waals surface area contributed by atoms with E-state index in [1.54, 1.807) is 19.4 Å². The summed E-state index contributed by atoms with van der Waals surface area (Å²) in [6, 6.07) is 7.51. The number of hydrogen-bond acceptors (Lipinski definition) is 3. The Bertz CT molecular complexity index is 534. The number of hydrogen-bond donors (Lipinski definition) is 0. The Labute approximate surface area is 113 Å². The number of rotatable bonds is 3. The minimum absolute atomic E-state index is 0.382. The molecule has 3 nitrogen and oxygen atoms in total. The number of ether oxygens (including phenoxy) is 1. The molecule has 0 aliphatic heterocycles. The highest BCUT2D eigenvalue weighted by Crippen LogP contribution is 2.29. The van der Waals surface area contributed by atoms with Crippen molar-refractivity contribution in [1.29, 1.82) is 0 Å². The van der Waals surface area contributed by atoms with Crippen LogP contribution >= 0.6 is 27.5 Å². The van der Waals surface area contributed by atoms with Crippen LogP contribution in [0, 0.1) is 0 Å². The number of alkyl halides is 1. The maximum atomic E-state index is 5.75. The molecule has 2 aromatic rings. The van der Waals surface area contributed by atoms with Gasteiger partial charge in [0.2, 0.25) is 0 Å². The zero-order chi connectivity index (χ0) is 12.3. The average Bonchev–Trinajstić information content (AvgIpc) is 2.38. The maximum absolute atomic E-state index is 5.75. The highest BCUT2D eigenvalue weighted by Gasteiger charge is 2.06. The zero-order valence-corrected chi connectivity index (χ0v) is 11.5. The van der Waals surface area contributed by atoms with E-state index < -0.39 is 0 Å². The first-order valence-corrected chi connectivity index (χ1v) is 6.29. The number of methoxy groups -OCH3 is 1. The van der Waals surface area contributed by atoms with Gasteiger partial charge in [0.1, 0.15) is 5.75 Å². The Morgan fingerprint density at radius 3 is 2.82 bits per heavy atom. The summed E-state index contributed by atoms with van der Waals surface area (Å²) in [4.78, 5) is 8.58. The van der Waals surface area contributed by atoms with Crippen molar-refractivity contribution >= 4 is 27.5 Å². The second-order valence-electron chi connectivity index (χ2n) is 3.35. The first kappa shape index (κ1) is 12.3. The van der Waals surface area contributed by atoms with Crippen molar-refractivity contribution in [1.82, 2.24) is 9.97 Å². The summed E-state index contributed by atoms with van der Waals surface area (Å²) < 4.78 is 6.04. The average molecular weight is 314 g/mol. The fraction of sp³-hybridized carbons (Fsp3) is 0.167. The van der Waals surface area contributed by atoms with E-state index in [-0.39, 0.29) is 0 Å². The van der Waals surface area contributed by atoms with Crippen LogP contribution in [0.5, 0.6) is 5.75 Å². The quantitative estimate of drug-likeness (QED) is 0.811. The highest BCUT2D eigenvalue weighted by atomic mass is 79.9. The molecule has 0 amide bonds. The molecule has 0 unspecified atom stereocenters. The van der Waals surface area contributed by atoms with E-state index in [2.05, 4.69) is 25.9 Å². The van der Waals surface area contributed by atoms with Gasteiger partial charge in [-0.2, -0.15) is 0 Å². The molecule has 0 radical (unpaired) electrons. The third kappa shape index (κ3) is 2.76. The molecule has 0 saturated heterocycles. The molecule has 1 heterocycles. The molecular weight excluding hydrogens is 304 g/mol. The molecular formula is C12H10BrClN2O. The zero-order valence-electron chi connectivity index (χ0n) is 9.15. The molecule has 5 heteroatoms. The molecule has 0 spiro atoms. The topological polar surface area (TPSA) is 35.0 Å². The minimum Gasteiger partial charge on any atom is -0.496 e. The summed E-state index contributed by atoms with van der Waals surface area (Å²) in [7, 11) is 1.63. The van der Waals surface area contributed by atoms with Gasteiger partial charge in [-0.1, -0.05) is 0 Å². The Balaban J connectivity index is 2.42. The third-order valence-electron chi connectivity index (χ3n) is 2.26. The first-order valence-electron chi connectivity index (χ1n) is 4.96. The minimum atomic E-state index is 0.382. The van der Waals surface area contributed by atoms with Crippen molar-refractivity contribution in [3.05, 3.63) is 40.6 Å². The van der Waals surface area contributed by atoms with Crippen molar-refractivity contribution in [2.75, 3.05) is 7.11 Å². The summed E-state index contributed by atoms with van der Waals surface area (Å²) in [5.74, 6) is 1.82. The van der Waals surface area contributed by atoms with Crippen LogP contribution in [0.2, 0.25) is 0 Å². The van der Waals surface area contributed by atoms with E-state index in [4.69, 9.17) is 16.3 Å². The Kier molecular flexibility index (Phi) is 3.97. The first-order chi connectivity index (χ1) is 8.24. The Morgan fingerprint density at radius 2 is 2.18 bits per heavy atom. The van der Waals surface area contributed by atoms with E-state index in [0.29, 0.717) is 11.7 Å². The van der Waals surface area contributed by atoms with E-state index in [1.165, 1.54) is 0 Å². The predicted molar refractivity (Wildman–Crippen MR) is 71.3 cm³/mol. The molecule has 17 heavy (non-hydrogen) atoms. The third-order valence-corrected chi connectivity index (χ3v) is 3.15. The lowest BCUT2D eigenvalue weighted by atomic mass is 10.2. The second-order valence-corrected chi connectivity index (χ2v) is 4.48. The Hall–Kier alpha value is -1.13. The normalized spacial score (nSPS) is 10.3. The van der Waals surface area contributed by atoms with Crippen LogP contribution in [0.15, 0.2) is 34.9 Å². The molecule has 0 aliphatic carbocycles. The number of nitrogens with zero attached hydrogens (tertiary/aromatic N) is 2. The SMILES string of the molecule is COc1ccc(-c2nccc(CCl)n2)cc1Br. The van der Waals surface area contributed by atoms with Crippen LogP contribution in [-0.2, 0) is 5.88 Å². The van der Waals surface area contributed by atoms with E-state index >= 15 is 0 Å². The summed E-state index contributed by atoms with van der Waals surface area (Å²) in [5.41, 5.74) is 1.73. The van der Waals surface area contributed by atoms with Crippen LogP contribution in [0.3, 0.4) is 0 Å². The summed E-state index contributed by atoms with van der Waals surface area (Å²) in [6.07, 6.45) is 1.71. The van der Waals surface area contributed by atoms with Crippen LogP contribution in [-0.4, -0.2) is 17.1 Å². The predicted octanol–water partition coefficient (Wildman–Crippen LogP) is 3.65. The van der Waals surface area contributed by atoms with Crippen molar-refractivity contribution in [3.63, 3.8) is 0 Å². The number of aromatic nitrogens is 2. The molecule has 0 bridgehead atoms. The van der Waals surface area contributed by atoms with Gasteiger partial charge in [-0.25, -0.2) is 9.97 Å². The van der Waals surface area contributed by atoms with Crippen molar-refractivity contribution < 1.29 is 4.74 Å². The fourth-order valence-corrected chi connectivity index (χ4v) is 2.10.